The Bertz CT molecular complexity index is 666. The maximum atomic E-state index is 4.75. The number of nitrogens with zero attached hydrogens (tertiary/aromatic N) is 1. The van der Waals surface area contributed by atoms with Gasteiger partial charge >= 0.3 is 0 Å². The highest BCUT2D eigenvalue weighted by atomic mass is 35.5. The van der Waals surface area contributed by atoms with Crippen LogP contribution in [0.1, 0.15) is 0 Å². The number of aromatic amines is 1. The monoisotopic (exact) mass is 328 g/mol. The van der Waals surface area contributed by atoms with Gasteiger partial charge in [-0.25, -0.2) is 4.98 Å². The van der Waals surface area contributed by atoms with Crippen molar-refractivity contribution in [2.24, 2.45) is 0 Å². The van der Waals surface area contributed by atoms with Crippen LogP contribution in [0.4, 0.5) is 0 Å². The van der Waals surface area contributed by atoms with Crippen molar-refractivity contribution in [2.75, 3.05) is 5.75 Å². The Kier molecular flexibility index (Phi) is 5.87. The second kappa shape index (κ2) is 7.87. The Morgan fingerprint density at radius 1 is 0.955 bits per heavy atom. The molecule has 4 heteroatoms. The summed E-state index contributed by atoms with van der Waals surface area (Å²) in [6, 6.07) is 20.6. The van der Waals surface area contributed by atoms with Crippen molar-refractivity contribution >= 4 is 24.2 Å². The summed E-state index contributed by atoms with van der Waals surface area (Å²) in [6.45, 7) is 3.76. The normalized spacial score (nSPS) is 10.0. The Balaban J connectivity index is 0.00000176. The van der Waals surface area contributed by atoms with Gasteiger partial charge in [0, 0.05) is 16.9 Å². The minimum atomic E-state index is 0. The molecule has 2 nitrogen and oxygen atoms in total. The lowest BCUT2D eigenvalue weighted by Crippen LogP contribution is -1.82. The maximum absolute atomic E-state index is 4.75. The first-order chi connectivity index (χ1) is 10.4. The summed E-state index contributed by atoms with van der Waals surface area (Å²) in [6.07, 6.45) is 1.89. The highest BCUT2D eigenvalue weighted by molar-refractivity contribution is 7.99. The molecule has 0 bridgehead atoms. The lowest BCUT2D eigenvalue weighted by Gasteiger charge is -2.02. The topological polar surface area (TPSA) is 28.7 Å². The van der Waals surface area contributed by atoms with Crippen molar-refractivity contribution in [3.05, 3.63) is 73.3 Å². The summed E-state index contributed by atoms with van der Waals surface area (Å²) in [7, 11) is 0. The first-order valence-electron chi connectivity index (χ1n) is 6.83. The number of hydrogen-bond donors (Lipinski definition) is 1. The van der Waals surface area contributed by atoms with E-state index in [1.807, 2.05) is 42.5 Å². The van der Waals surface area contributed by atoms with E-state index in [9.17, 15) is 0 Å². The lowest BCUT2D eigenvalue weighted by molar-refractivity contribution is 1.06. The molecule has 22 heavy (non-hydrogen) atoms. The molecule has 0 aliphatic heterocycles. The summed E-state index contributed by atoms with van der Waals surface area (Å²) in [5.41, 5.74) is 4.33. The summed E-state index contributed by atoms with van der Waals surface area (Å²) < 4.78 is 0. The molecule has 3 aromatic rings. The third-order valence-electron chi connectivity index (χ3n) is 3.13. The van der Waals surface area contributed by atoms with Gasteiger partial charge in [-0.1, -0.05) is 78.5 Å². The van der Waals surface area contributed by atoms with Crippen LogP contribution in [0.3, 0.4) is 0 Å². The molecule has 0 unspecified atom stereocenters. The smallest absolute Gasteiger partial charge is 0.166 e. The molecule has 0 amide bonds. The summed E-state index contributed by atoms with van der Waals surface area (Å²) in [5.74, 6) is 0.843. The van der Waals surface area contributed by atoms with Gasteiger partial charge in [0.1, 0.15) is 0 Å². The van der Waals surface area contributed by atoms with Crippen LogP contribution in [-0.2, 0) is 0 Å². The average Bonchev–Trinajstić information content (AvgIpc) is 2.99. The highest BCUT2D eigenvalue weighted by Crippen LogP contribution is 2.32. The molecule has 0 radical (unpaired) electrons. The number of H-pyrrole nitrogens is 1. The first-order valence-corrected chi connectivity index (χ1v) is 7.81. The zero-order valence-corrected chi connectivity index (χ0v) is 13.7. The molecule has 0 aliphatic carbocycles. The fourth-order valence-corrected chi connectivity index (χ4v) is 2.78. The van der Waals surface area contributed by atoms with Crippen LogP contribution < -0.4 is 0 Å². The number of nitrogens with one attached hydrogen (secondary N) is 1. The van der Waals surface area contributed by atoms with Crippen LogP contribution in [0.15, 0.2) is 78.5 Å². The van der Waals surface area contributed by atoms with Crippen molar-refractivity contribution in [3.63, 3.8) is 0 Å². The maximum Gasteiger partial charge on any atom is 0.166 e. The number of imidazole rings is 1. The second-order valence-electron chi connectivity index (χ2n) is 4.60. The molecule has 3 rings (SSSR count). The van der Waals surface area contributed by atoms with E-state index in [0.29, 0.717) is 0 Å². The Morgan fingerprint density at radius 3 is 2.14 bits per heavy atom. The van der Waals surface area contributed by atoms with E-state index >= 15 is 0 Å². The third kappa shape index (κ3) is 3.62. The molecular formula is C18H17ClN2S. The first kappa shape index (κ1) is 16.4. The van der Waals surface area contributed by atoms with Crippen LogP contribution in [0.5, 0.6) is 0 Å². The number of benzene rings is 2. The van der Waals surface area contributed by atoms with Gasteiger partial charge in [-0.2, -0.15) is 0 Å². The molecule has 2 aromatic carbocycles. The predicted molar refractivity (Wildman–Crippen MR) is 97.6 cm³/mol. The van der Waals surface area contributed by atoms with Crippen molar-refractivity contribution in [3.8, 4) is 22.5 Å². The Labute approximate surface area is 141 Å². The second-order valence-corrected chi connectivity index (χ2v) is 5.61. The molecule has 0 spiro atoms. The molecule has 0 saturated heterocycles. The van der Waals surface area contributed by atoms with E-state index < -0.39 is 0 Å². The SMILES string of the molecule is C=CCSc1nc(-c2ccccc2)c(-c2ccccc2)[nH]1.Cl. The number of hydrogen-bond acceptors (Lipinski definition) is 2. The standard InChI is InChI=1S/C18H16N2S.ClH/c1-2-13-21-18-19-16(14-9-5-3-6-10-14)17(20-18)15-11-7-4-8-12-15;/h2-12H,1,13H2,(H,19,20);1H. The number of thioether (sulfide) groups is 1. The van der Waals surface area contributed by atoms with E-state index in [4.69, 9.17) is 4.98 Å². The fourth-order valence-electron chi connectivity index (χ4n) is 2.18. The van der Waals surface area contributed by atoms with Gasteiger partial charge in [-0.05, 0) is 0 Å². The summed E-state index contributed by atoms with van der Waals surface area (Å²) in [4.78, 5) is 8.19. The molecule has 0 atom stereocenters. The fraction of sp³-hybridized carbons (Fsp3) is 0.0556. The molecule has 112 valence electrons. The van der Waals surface area contributed by atoms with Crippen molar-refractivity contribution in [1.82, 2.24) is 9.97 Å². The van der Waals surface area contributed by atoms with Crippen LogP contribution in [0.25, 0.3) is 22.5 Å². The number of rotatable bonds is 5. The number of halogens is 1. The molecule has 0 saturated carbocycles. The third-order valence-corrected chi connectivity index (χ3v) is 4.00. The van der Waals surface area contributed by atoms with Crippen LogP contribution >= 0.6 is 24.2 Å². The van der Waals surface area contributed by atoms with E-state index in [0.717, 1.165) is 33.4 Å². The van der Waals surface area contributed by atoms with Crippen molar-refractivity contribution in [2.45, 2.75) is 5.16 Å². The van der Waals surface area contributed by atoms with Crippen LogP contribution in [0.2, 0.25) is 0 Å². The quantitative estimate of drug-likeness (QED) is 0.498. The van der Waals surface area contributed by atoms with Gasteiger partial charge in [0.15, 0.2) is 5.16 Å². The largest absolute Gasteiger partial charge is 0.332 e. The van der Waals surface area contributed by atoms with Gasteiger partial charge in [0.2, 0.25) is 0 Å². The molecular weight excluding hydrogens is 312 g/mol. The zero-order chi connectivity index (χ0) is 14.5. The number of aromatic nitrogens is 2. The van der Waals surface area contributed by atoms with Crippen LogP contribution in [-0.4, -0.2) is 15.7 Å². The summed E-state index contributed by atoms with van der Waals surface area (Å²) >= 11 is 1.66. The van der Waals surface area contributed by atoms with Gasteiger partial charge in [0.05, 0.1) is 11.4 Å². The zero-order valence-electron chi connectivity index (χ0n) is 12.0. The van der Waals surface area contributed by atoms with Gasteiger partial charge in [0.25, 0.3) is 0 Å². The predicted octanol–water partition coefficient (Wildman–Crippen LogP) is 5.44. The van der Waals surface area contributed by atoms with Crippen LogP contribution in [0, 0.1) is 0 Å². The molecule has 1 heterocycles. The van der Waals surface area contributed by atoms with Gasteiger partial charge in [-0.15, -0.1) is 19.0 Å². The van der Waals surface area contributed by atoms with E-state index in [2.05, 4.69) is 35.8 Å². The molecule has 0 fully saturated rings. The van der Waals surface area contributed by atoms with E-state index in [1.165, 1.54) is 0 Å². The Morgan fingerprint density at radius 2 is 1.55 bits per heavy atom. The minimum Gasteiger partial charge on any atom is -0.332 e. The highest BCUT2D eigenvalue weighted by Gasteiger charge is 2.13. The molecule has 0 aliphatic rings. The average molecular weight is 329 g/mol. The van der Waals surface area contributed by atoms with E-state index in [1.54, 1.807) is 11.8 Å². The minimum absolute atomic E-state index is 0. The van der Waals surface area contributed by atoms with Crippen molar-refractivity contribution in [1.29, 1.82) is 0 Å². The molecule has 1 N–H and O–H groups in total. The van der Waals surface area contributed by atoms with Gasteiger partial charge < -0.3 is 4.98 Å². The lowest BCUT2D eigenvalue weighted by atomic mass is 10.1. The summed E-state index contributed by atoms with van der Waals surface area (Å²) in [5, 5.41) is 0.924. The Hall–Kier alpha value is -1.97. The van der Waals surface area contributed by atoms with Gasteiger partial charge in [-0.3, -0.25) is 0 Å². The van der Waals surface area contributed by atoms with E-state index in [-0.39, 0.29) is 12.4 Å². The van der Waals surface area contributed by atoms with Crippen molar-refractivity contribution < 1.29 is 0 Å². The molecule has 1 aromatic heterocycles.